The van der Waals surface area contributed by atoms with Crippen LogP contribution in [0.15, 0.2) is 66.7 Å². The zero-order valence-electron chi connectivity index (χ0n) is 17.5. The van der Waals surface area contributed by atoms with Gasteiger partial charge in [0.1, 0.15) is 11.3 Å². The molecule has 0 aromatic heterocycles. The number of benzene rings is 3. The van der Waals surface area contributed by atoms with Gasteiger partial charge in [0.05, 0.1) is 13.0 Å². The molecule has 0 unspecified atom stereocenters. The first-order chi connectivity index (χ1) is 15.0. The number of hydrogen-bond acceptors (Lipinski definition) is 5. The molecule has 1 aliphatic heterocycles. The fourth-order valence-corrected chi connectivity index (χ4v) is 3.91. The third-order valence-electron chi connectivity index (χ3n) is 5.50. The van der Waals surface area contributed by atoms with Crippen LogP contribution in [0.2, 0.25) is 0 Å². The number of carboxylic acids is 1. The Bertz CT molecular complexity index is 1030. The average Bonchev–Trinajstić information content (AvgIpc) is 2.81. The quantitative estimate of drug-likeness (QED) is 0.543. The number of fused-ring (bicyclic) bond motifs is 1. The van der Waals surface area contributed by atoms with Crippen molar-refractivity contribution in [2.45, 2.75) is 31.2 Å². The SMILES string of the molecule is COC(=O)[C@H](c1ccccc1)[C@@H]1CCCCN1.O=C(O)c1ccc2ccccc2c1O. The van der Waals surface area contributed by atoms with Crippen LogP contribution in [0.5, 0.6) is 5.75 Å². The van der Waals surface area contributed by atoms with Gasteiger partial charge in [0.15, 0.2) is 0 Å². The smallest absolute Gasteiger partial charge is 0.339 e. The normalized spacial score (nSPS) is 16.6. The van der Waals surface area contributed by atoms with Crippen molar-refractivity contribution in [3.63, 3.8) is 0 Å². The Hall–Kier alpha value is -3.38. The van der Waals surface area contributed by atoms with Crippen LogP contribution in [0.25, 0.3) is 10.8 Å². The monoisotopic (exact) mass is 421 g/mol. The minimum Gasteiger partial charge on any atom is -0.506 e. The molecule has 0 spiro atoms. The van der Waals surface area contributed by atoms with Gasteiger partial charge in [-0.25, -0.2) is 4.79 Å². The Morgan fingerprint density at radius 3 is 2.35 bits per heavy atom. The number of methoxy groups -OCH3 is 1. The van der Waals surface area contributed by atoms with Gasteiger partial charge in [-0.05, 0) is 36.4 Å². The van der Waals surface area contributed by atoms with Crippen molar-refractivity contribution in [3.8, 4) is 5.75 Å². The van der Waals surface area contributed by atoms with E-state index in [9.17, 15) is 14.7 Å². The van der Waals surface area contributed by atoms with E-state index in [4.69, 9.17) is 9.84 Å². The van der Waals surface area contributed by atoms with Gasteiger partial charge in [0.2, 0.25) is 0 Å². The summed E-state index contributed by atoms with van der Waals surface area (Å²) in [5, 5.41) is 23.2. The third kappa shape index (κ3) is 5.41. The van der Waals surface area contributed by atoms with Crippen LogP contribution in [-0.2, 0) is 9.53 Å². The van der Waals surface area contributed by atoms with E-state index in [1.807, 2.05) is 42.5 Å². The highest BCUT2D eigenvalue weighted by molar-refractivity contribution is 6.00. The highest BCUT2D eigenvalue weighted by Crippen LogP contribution is 2.28. The average molecular weight is 421 g/mol. The van der Waals surface area contributed by atoms with Crippen molar-refractivity contribution in [1.82, 2.24) is 5.32 Å². The van der Waals surface area contributed by atoms with Crippen LogP contribution in [0.4, 0.5) is 0 Å². The Kier molecular flexibility index (Phi) is 7.62. The molecule has 3 aromatic rings. The number of piperidine rings is 1. The molecule has 0 saturated carbocycles. The molecular weight excluding hydrogens is 394 g/mol. The number of carbonyl (C=O) groups excluding carboxylic acids is 1. The molecule has 1 heterocycles. The fraction of sp³-hybridized carbons (Fsp3) is 0.280. The summed E-state index contributed by atoms with van der Waals surface area (Å²) in [6.45, 7) is 0.991. The second-order valence-corrected chi connectivity index (χ2v) is 7.46. The van der Waals surface area contributed by atoms with Crippen LogP contribution in [0, 0.1) is 0 Å². The van der Waals surface area contributed by atoms with Gasteiger partial charge < -0.3 is 20.3 Å². The standard InChI is InChI=1S/C14H19NO2.C11H8O3/c1-17-14(16)13(11-7-3-2-4-8-11)12-9-5-6-10-15-12;12-10-8-4-2-1-3-7(8)5-6-9(10)11(13)14/h2-4,7-8,12-13,15H,5-6,9-10H2,1H3;1-6,12H,(H,13,14)/t12-,13+;/m0./s1. The summed E-state index contributed by atoms with van der Waals surface area (Å²) >= 11 is 0. The lowest BCUT2D eigenvalue weighted by atomic mass is 9.86. The van der Waals surface area contributed by atoms with Gasteiger partial charge in [0.25, 0.3) is 0 Å². The summed E-state index contributed by atoms with van der Waals surface area (Å²) in [6.07, 6.45) is 3.41. The summed E-state index contributed by atoms with van der Waals surface area (Å²) in [7, 11) is 1.46. The largest absolute Gasteiger partial charge is 0.506 e. The zero-order chi connectivity index (χ0) is 22.2. The lowest BCUT2D eigenvalue weighted by molar-refractivity contribution is -0.143. The van der Waals surface area contributed by atoms with Gasteiger partial charge in [-0.1, -0.05) is 67.1 Å². The van der Waals surface area contributed by atoms with Gasteiger partial charge in [0, 0.05) is 11.4 Å². The molecule has 3 N–H and O–H groups in total. The van der Waals surface area contributed by atoms with E-state index in [0.29, 0.717) is 5.39 Å². The lowest BCUT2D eigenvalue weighted by Gasteiger charge is -2.29. The summed E-state index contributed by atoms with van der Waals surface area (Å²) < 4.78 is 4.94. The van der Waals surface area contributed by atoms with Crippen LogP contribution in [0.3, 0.4) is 0 Å². The first kappa shape index (κ1) is 22.3. The van der Waals surface area contributed by atoms with Crippen LogP contribution in [0.1, 0.15) is 41.1 Å². The Morgan fingerprint density at radius 2 is 1.71 bits per heavy atom. The molecule has 2 atom stereocenters. The van der Waals surface area contributed by atoms with Crippen molar-refractivity contribution < 1.29 is 24.5 Å². The number of nitrogens with one attached hydrogen (secondary N) is 1. The van der Waals surface area contributed by atoms with E-state index in [-0.39, 0.29) is 29.2 Å². The van der Waals surface area contributed by atoms with E-state index in [0.717, 1.165) is 23.9 Å². The molecule has 0 aliphatic carbocycles. The molecule has 0 radical (unpaired) electrons. The van der Waals surface area contributed by atoms with Crippen molar-refractivity contribution in [1.29, 1.82) is 0 Å². The van der Waals surface area contributed by atoms with Crippen molar-refractivity contribution in [2.75, 3.05) is 13.7 Å². The maximum absolute atomic E-state index is 11.9. The maximum Gasteiger partial charge on any atom is 0.339 e. The van der Waals surface area contributed by atoms with Gasteiger partial charge in [-0.3, -0.25) is 4.79 Å². The van der Waals surface area contributed by atoms with E-state index < -0.39 is 5.97 Å². The van der Waals surface area contributed by atoms with Crippen LogP contribution >= 0.6 is 0 Å². The van der Waals surface area contributed by atoms with E-state index in [2.05, 4.69) is 5.32 Å². The minimum atomic E-state index is -1.12. The van der Waals surface area contributed by atoms with E-state index in [1.54, 1.807) is 18.2 Å². The molecule has 1 aliphatic rings. The van der Waals surface area contributed by atoms with Crippen molar-refractivity contribution >= 4 is 22.7 Å². The van der Waals surface area contributed by atoms with E-state index >= 15 is 0 Å². The van der Waals surface area contributed by atoms with Gasteiger partial charge in [-0.15, -0.1) is 0 Å². The molecule has 0 bridgehead atoms. The topological polar surface area (TPSA) is 95.9 Å². The molecule has 162 valence electrons. The number of ether oxygens (including phenoxy) is 1. The second-order valence-electron chi connectivity index (χ2n) is 7.46. The third-order valence-corrected chi connectivity index (χ3v) is 5.50. The molecular formula is C25H27NO5. The second kappa shape index (κ2) is 10.6. The Labute approximate surface area is 181 Å². The number of carbonyl (C=O) groups is 2. The zero-order valence-corrected chi connectivity index (χ0v) is 17.5. The summed E-state index contributed by atoms with van der Waals surface area (Å²) in [5.74, 6) is -1.61. The molecule has 4 rings (SSSR count). The van der Waals surface area contributed by atoms with Crippen molar-refractivity contribution in [3.05, 3.63) is 77.9 Å². The number of aromatic carboxylic acids is 1. The minimum absolute atomic E-state index is 0.0660. The lowest BCUT2D eigenvalue weighted by Crippen LogP contribution is -2.42. The predicted octanol–water partition coefficient (Wildman–Crippen LogP) is 4.33. The number of hydrogen-bond donors (Lipinski definition) is 3. The molecule has 31 heavy (non-hydrogen) atoms. The first-order valence-electron chi connectivity index (χ1n) is 10.3. The number of rotatable bonds is 4. The molecule has 6 nitrogen and oxygen atoms in total. The summed E-state index contributed by atoms with van der Waals surface area (Å²) in [5.41, 5.74) is 0.974. The Morgan fingerprint density at radius 1 is 1.00 bits per heavy atom. The Balaban J connectivity index is 0.000000179. The number of phenols is 1. The number of aromatic hydroxyl groups is 1. The first-order valence-corrected chi connectivity index (χ1v) is 10.3. The molecule has 0 amide bonds. The van der Waals surface area contributed by atoms with Crippen LogP contribution < -0.4 is 5.32 Å². The van der Waals surface area contributed by atoms with Gasteiger partial charge >= 0.3 is 11.9 Å². The maximum atomic E-state index is 11.9. The fourth-order valence-electron chi connectivity index (χ4n) is 3.91. The number of carboxylic acid groups (broad SMARTS) is 1. The van der Waals surface area contributed by atoms with Crippen molar-refractivity contribution in [2.24, 2.45) is 0 Å². The summed E-state index contributed by atoms with van der Waals surface area (Å²) in [4.78, 5) is 22.7. The molecule has 1 fully saturated rings. The van der Waals surface area contributed by atoms with Gasteiger partial charge in [-0.2, -0.15) is 0 Å². The summed E-state index contributed by atoms with van der Waals surface area (Å²) in [6, 6.07) is 20.3. The predicted molar refractivity (Wildman–Crippen MR) is 119 cm³/mol. The van der Waals surface area contributed by atoms with E-state index in [1.165, 1.54) is 26.0 Å². The molecule has 1 saturated heterocycles. The number of esters is 1. The molecule has 3 aromatic carbocycles. The highest BCUT2D eigenvalue weighted by atomic mass is 16.5. The van der Waals surface area contributed by atoms with Crippen LogP contribution in [-0.4, -0.2) is 41.8 Å². The highest BCUT2D eigenvalue weighted by Gasteiger charge is 2.31. The molecule has 6 heteroatoms.